The molecule has 0 aromatic carbocycles. The Hall–Kier alpha value is -0.570. The lowest BCUT2D eigenvalue weighted by atomic mass is 9.92. The fourth-order valence-electron chi connectivity index (χ4n) is 3.09. The van der Waals surface area contributed by atoms with Gasteiger partial charge >= 0.3 is 0 Å². The van der Waals surface area contributed by atoms with Crippen LogP contribution in [0.5, 0.6) is 0 Å². The molecular formula is C11H20N2O. The van der Waals surface area contributed by atoms with Crippen LogP contribution in [0.15, 0.2) is 0 Å². The first-order valence-electron chi connectivity index (χ1n) is 5.80. The van der Waals surface area contributed by atoms with Crippen molar-refractivity contribution in [2.75, 3.05) is 13.1 Å². The van der Waals surface area contributed by atoms with Gasteiger partial charge in [0.1, 0.15) is 0 Å². The summed E-state index contributed by atoms with van der Waals surface area (Å²) in [6.07, 6.45) is 7.35. The van der Waals surface area contributed by atoms with Crippen molar-refractivity contribution in [3.05, 3.63) is 0 Å². The standard InChI is InChI=1S/C11H20N2O/c12-11(14)6-8-13-7-2-4-9-3-1-5-10(9)13/h9-10H,1-8H2,(H2,12,14). The Balaban J connectivity index is 1.87. The number of likely N-dealkylation sites (tertiary alicyclic amines) is 1. The molecule has 0 bridgehead atoms. The second kappa shape index (κ2) is 4.30. The fraction of sp³-hybridized carbons (Fsp3) is 0.909. The fourth-order valence-corrected chi connectivity index (χ4v) is 3.09. The maximum Gasteiger partial charge on any atom is 0.218 e. The van der Waals surface area contributed by atoms with E-state index in [4.69, 9.17) is 5.73 Å². The smallest absolute Gasteiger partial charge is 0.218 e. The van der Waals surface area contributed by atoms with Crippen LogP contribution in [0.25, 0.3) is 0 Å². The van der Waals surface area contributed by atoms with Gasteiger partial charge in [-0.15, -0.1) is 0 Å². The Morgan fingerprint density at radius 1 is 1.29 bits per heavy atom. The van der Waals surface area contributed by atoms with Crippen LogP contribution in [0.4, 0.5) is 0 Å². The van der Waals surface area contributed by atoms with Gasteiger partial charge in [-0.25, -0.2) is 0 Å². The average Bonchev–Trinajstić information content (AvgIpc) is 2.62. The molecule has 1 amide bonds. The summed E-state index contributed by atoms with van der Waals surface area (Å²) >= 11 is 0. The van der Waals surface area contributed by atoms with Crippen LogP contribution in [0.3, 0.4) is 0 Å². The van der Waals surface area contributed by atoms with Crippen molar-refractivity contribution < 1.29 is 4.79 Å². The zero-order valence-corrected chi connectivity index (χ0v) is 8.74. The van der Waals surface area contributed by atoms with E-state index in [-0.39, 0.29) is 5.91 Å². The summed E-state index contributed by atoms with van der Waals surface area (Å²) in [5.74, 6) is 0.752. The van der Waals surface area contributed by atoms with Gasteiger partial charge in [0.2, 0.25) is 5.91 Å². The molecule has 2 aliphatic rings. The first-order chi connectivity index (χ1) is 6.77. The Bertz CT molecular complexity index is 217. The first kappa shape index (κ1) is 9.97. The van der Waals surface area contributed by atoms with Crippen LogP contribution < -0.4 is 5.73 Å². The summed E-state index contributed by atoms with van der Waals surface area (Å²) in [5, 5.41) is 0. The zero-order chi connectivity index (χ0) is 9.97. The predicted octanol–water partition coefficient (Wildman–Crippen LogP) is 1.13. The summed E-state index contributed by atoms with van der Waals surface area (Å²) in [7, 11) is 0. The molecule has 1 saturated heterocycles. The highest BCUT2D eigenvalue weighted by Gasteiger charge is 2.34. The van der Waals surface area contributed by atoms with Crippen molar-refractivity contribution in [1.29, 1.82) is 0 Å². The number of carbonyl (C=O) groups excluding carboxylic acids is 1. The molecule has 2 N–H and O–H groups in total. The van der Waals surface area contributed by atoms with Crippen molar-refractivity contribution in [1.82, 2.24) is 4.90 Å². The second-order valence-electron chi connectivity index (χ2n) is 4.65. The number of nitrogens with two attached hydrogens (primary N) is 1. The molecule has 0 spiro atoms. The van der Waals surface area contributed by atoms with Crippen LogP contribution in [0.2, 0.25) is 0 Å². The van der Waals surface area contributed by atoms with Gasteiger partial charge in [0.05, 0.1) is 0 Å². The Morgan fingerprint density at radius 2 is 2.07 bits per heavy atom. The molecule has 14 heavy (non-hydrogen) atoms. The lowest BCUT2D eigenvalue weighted by molar-refractivity contribution is -0.118. The third-order valence-electron chi connectivity index (χ3n) is 3.75. The van der Waals surface area contributed by atoms with Crippen LogP contribution in [-0.2, 0) is 4.79 Å². The highest BCUT2D eigenvalue weighted by Crippen LogP contribution is 2.36. The normalized spacial score (nSPS) is 32.9. The number of primary amides is 1. The van der Waals surface area contributed by atoms with E-state index >= 15 is 0 Å². The third kappa shape index (κ3) is 2.08. The summed E-state index contributed by atoms with van der Waals surface area (Å²) in [4.78, 5) is 13.2. The van der Waals surface area contributed by atoms with Crippen molar-refractivity contribution in [3.63, 3.8) is 0 Å². The summed E-state index contributed by atoms with van der Waals surface area (Å²) < 4.78 is 0. The summed E-state index contributed by atoms with van der Waals surface area (Å²) in [6.45, 7) is 2.06. The van der Waals surface area contributed by atoms with Gasteiger partial charge in [0.25, 0.3) is 0 Å². The molecule has 1 heterocycles. The lowest BCUT2D eigenvalue weighted by Crippen LogP contribution is -2.43. The molecule has 1 saturated carbocycles. The minimum Gasteiger partial charge on any atom is -0.370 e. The maximum atomic E-state index is 10.7. The monoisotopic (exact) mass is 196 g/mol. The van der Waals surface area contributed by atoms with Crippen molar-refractivity contribution in [2.24, 2.45) is 11.7 Å². The molecule has 2 unspecified atom stereocenters. The molecule has 2 rings (SSSR count). The number of hydrogen-bond acceptors (Lipinski definition) is 2. The average molecular weight is 196 g/mol. The van der Waals surface area contributed by atoms with E-state index < -0.39 is 0 Å². The quantitative estimate of drug-likeness (QED) is 0.735. The number of hydrogen-bond donors (Lipinski definition) is 1. The Kier molecular flexibility index (Phi) is 3.06. The van der Waals surface area contributed by atoms with Crippen LogP contribution in [-0.4, -0.2) is 29.9 Å². The number of carbonyl (C=O) groups is 1. The number of amides is 1. The maximum absolute atomic E-state index is 10.7. The van der Waals surface area contributed by atoms with Crippen LogP contribution in [0.1, 0.15) is 38.5 Å². The van der Waals surface area contributed by atoms with Gasteiger partial charge in [0.15, 0.2) is 0 Å². The molecule has 80 valence electrons. The molecule has 0 aromatic rings. The molecule has 0 aromatic heterocycles. The van der Waals surface area contributed by atoms with E-state index in [1.165, 1.54) is 38.6 Å². The Morgan fingerprint density at radius 3 is 2.86 bits per heavy atom. The van der Waals surface area contributed by atoms with E-state index in [0.717, 1.165) is 18.5 Å². The minimum atomic E-state index is -0.162. The van der Waals surface area contributed by atoms with Gasteiger partial charge in [-0.2, -0.15) is 0 Å². The number of nitrogens with zero attached hydrogens (tertiary/aromatic N) is 1. The van der Waals surface area contributed by atoms with Gasteiger partial charge in [0, 0.05) is 19.0 Å². The largest absolute Gasteiger partial charge is 0.370 e. The lowest BCUT2D eigenvalue weighted by Gasteiger charge is -2.37. The van der Waals surface area contributed by atoms with E-state index in [2.05, 4.69) is 4.90 Å². The topological polar surface area (TPSA) is 46.3 Å². The van der Waals surface area contributed by atoms with Gasteiger partial charge in [-0.05, 0) is 38.1 Å². The van der Waals surface area contributed by atoms with Crippen molar-refractivity contribution in [2.45, 2.75) is 44.6 Å². The highest BCUT2D eigenvalue weighted by atomic mass is 16.1. The molecule has 2 atom stereocenters. The molecule has 1 aliphatic carbocycles. The van der Waals surface area contributed by atoms with Crippen LogP contribution >= 0.6 is 0 Å². The molecule has 1 aliphatic heterocycles. The van der Waals surface area contributed by atoms with E-state index in [0.29, 0.717) is 6.42 Å². The molecule has 3 heteroatoms. The van der Waals surface area contributed by atoms with E-state index in [1.54, 1.807) is 0 Å². The van der Waals surface area contributed by atoms with Gasteiger partial charge in [-0.1, -0.05) is 6.42 Å². The SMILES string of the molecule is NC(=O)CCN1CCCC2CCCC21. The first-order valence-corrected chi connectivity index (χ1v) is 5.80. The van der Waals surface area contributed by atoms with Crippen molar-refractivity contribution >= 4 is 5.91 Å². The third-order valence-corrected chi connectivity index (χ3v) is 3.75. The summed E-state index contributed by atoms with van der Waals surface area (Å²) in [6, 6.07) is 0.767. The highest BCUT2D eigenvalue weighted by molar-refractivity contribution is 5.73. The molecule has 3 nitrogen and oxygen atoms in total. The number of piperidine rings is 1. The number of fused-ring (bicyclic) bond motifs is 1. The molecular weight excluding hydrogens is 176 g/mol. The summed E-state index contributed by atoms with van der Waals surface area (Å²) in [5.41, 5.74) is 5.18. The van der Waals surface area contributed by atoms with Gasteiger partial charge in [-0.3, -0.25) is 9.69 Å². The number of rotatable bonds is 3. The zero-order valence-electron chi connectivity index (χ0n) is 8.74. The van der Waals surface area contributed by atoms with E-state index in [9.17, 15) is 4.79 Å². The molecule has 0 radical (unpaired) electrons. The van der Waals surface area contributed by atoms with E-state index in [1.807, 2.05) is 0 Å². The van der Waals surface area contributed by atoms with Crippen molar-refractivity contribution in [3.8, 4) is 0 Å². The van der Waals surface area contributed by atoms with Gasteiger partial charge < -0.3 is 5.73 Å². The Labute approximate surface area is 85.6 Å². The predicted molar refractivity (Wildman–Crippen MR) is 55.7 cm³/mol. The molecule has 2 fully saturated rings. The second-order valence-corrected chi connectivity index (χ2v) is 4.65. The van der Waals surface area contributed by atoms with Crippen LogP contribution in [0, 0.1) is 5.92 Å². The minimum absolute atomic E-state index is 0.162.